The maximum atomic E-state index is 11.2. The normalized spacial score (nSPS) is 15.5. The Kier molecular flexibility index (Phi) is 2.86. The van der Waals surface area contributed by atoms with E-state index in [0.29, 0.717) is 5.92 Å². The van der Waals surface area contributed by atoms with E-state index in [9.17, 15) is 4.79 Å². The summed E-state index contributed by atoms with van der Waals surface area (Å²) >= 11 is 0. The van der Waals surface area contributed by atoms with Crippen LogP contribution in [0, 0.1) is 0 Å². The van der Waals surface area contributed by atoms with E-state index in [1.807, 2.05) is 18.2 Å². The zero-order valence-corrected chi connectivity index (χ0v) is 8.70. The number of rotatable bonds is 3. The molecule has 1 aromatic carbocycles. The third kappa shape index (κ3) is 2.09. The highest BCUT2D eigenvalue weighted by Crippen LogP contribution is 2.39. The number of anilines is 1. The van der Waals surface area contributed by atoms with Crippen molar-refractivity contribution in [1.82, 2.24) is 0 Å². The molecular formula is C13H15NO. The molecule has 1 saturated carbocycles. The molecule has 0 heterocycles. The van der Waals surface area contributed by atoms with Crippen molar-refractivity contribution in [2.75, 3.05) is 5.32 Å². The van der Waals surface area contributed by atoms with E-state index >= 15 is 0 Å². The summed E-state index contributed by atoms with van der Waals surface area (Å²) in [5.74, 6) is 0.494. The molecule has 0 aromatic heterocycles. The predicted molar refractivity (Wildman–Crippen MR) is 61.9 cm³/mol. The number of carbonyl (C=O) groups excluding carboxylic acids is 1. The lowest BCUT2D eigenvalue weighted by Crippen LogP contribution is -2.14. The van der Waals surface area contributed by atoms with Gasteiger partial charge in [-0.15, -0.1) is 0 Å². The molecule has 0 spiro atoms. The van der Waals surface area contributed by atoms with Crippen molar-refractivity contribution in [1.29, 1.82) is 0 Å². The zero-order chi connectivity index (χ0) is 10.7. The fourth-order valence-corrected chi connectivity index (χ4v) is 1.87. The second-order valence-corrected chi connectivity index (χ2v) is 3.91. The maximum Gasteiger partial charge on any atom is 0.247 e. The molecule has 1 amide bonds. The summed E-state index contributed by atoms with van der Waals surface area (Å²) in [4.78, 5) is 11.2. The van der Waals surface area contributed by atoms with Gasteiger partial charge >= 0.3 is 0 Å². The molecule has 1 N–H and O–H groups in total. The van der Waals surface area contributed by atoms with Crippen molar-refractivity contribution >= 4 is 11.6 Å². The first-order valence-corrected chi connectivity index (χ1v) is 5.33. The Bertz CT molecular complexity index is 380. The number of carbonyl (C=O) groups is 1. The minimum absolute atomic E-state index is 0.137. The van der Waals surface area contributed by atoms with Crippen molar-refractivity contribution in [3.05, 3.63) is 42.5 Å². The second-order valence-electron chi connectivity index (χ2n) is 3.91. The van der Waals surface area contributed by atoms with Crippen molar-refractivity contribution in [2.45, 2.75) is 25.2 Å². The van der Waals surface area contributed by atoms with Gasteiger partial charge in [0.05, 0.1) is 0 Å². The molecule has 1 aromatic rings. The molecular weight excluding hydrogens is 186 g/mol. The lowest BCUT2D eigenvalue weighted by molar-refractivity contribution is -0.111. The van der Waals surface area contributed by atoms with Gasteiger partial charge in [-0.25, -0.2) is 0 Å². The highest BCUT2D eigenvalue weighted by atomic mass is 16.1. The largest absolute Gasteiger partial charge is 0.322 e. The topological polar surface area (TPSA) is 29.1 Å². The van der Waals surface area contributed by atoms with Gasteiger partial charge in [-0.2, -0.15) is 0 Å². The highest BCUT2D eigenvalue weighted by Gasteiger charge is 2.21. The first kappa shape index (κ1) is 9.97. The van der Waals surface area contributed by atoms with E-state index in [2.05, 4.69) is 18.0 Å². The summed E-state index contributed by atoms with van der Waals surface area (Å²) in [5, 5.41) is 2.85. The molecule has 1 fully saturated rings. The Morgan fingerprint density at radius 3 is 2.73 bits per heavy atom. The lowest BCUT2D eigenvalue weighted by atomic mass is 9.79. The molecule has 2 nitrogen and oxygen atoms in total. The van der Waals surface area contributed by atoms with Gasteiger partial charge in [0, 0.05) is 5.69 Å². The Balaban J connectivity index is 2.21. The second kappa shape index (κ2) is 4.30. The van der Waals surface area contributed by atoms with Crippen molar-refractivity contribution < 1.29 is 4.79 Å². The van der Waals surface area contributed by atoms with Gasteiger partial charge in [-0.05, 0) is 36.5 Å². The summed E-state index contributed by atoms with van der Waals surface area (Å²) < 4.78 is 0. The fourth-order valence-electron chi connectivity index (χ4n) is 1.87. The minimum Gasteiger partial charge on any atom is -0.322 e. The third-order valence-electron chi connectivity index (χ3n) is 2.95. The van der Waals surface area contributed by atoms with Crippen LogP contribution in [0.2, 0.25) is 0 Å². The lowest BCUT2D eigenvalue weighted by Gasteiger charge is -2.27. The van der Waals surface area contributed by atoms with Gasteiger partial charge < -0.3 is 5.32 Å². The van der Waals surface area contributed by atoms with Crippen molar-refractivity contribution in [3.8, 4) is 0 Å². The maximum absolute atomic E-state index is 11.2. The van der Waals surface area contributed by atoms with Crippen LogP contribution in [0.25, 0.3) is 0 Å². The molecule has 2 rings (SSSR count). The number of hydrogen-bond acceptors (Lipinski definition) is 1. The molecule has 78 valence electrons. The molecule has 1 aliphatic rings. The molecule has 1 aliphatic carbocycles. The van der Waals surface area contributed by atoms with Crippen LogP contribution >= 0.6 is 0 Å². The monoisotopic (exact) mass is 201 g/mol. The zero-order valence-electron chi connectivity index (χ0n) is 8.70. The molecule has 0 saturated heterocycles. The molecule has 0 atom stereocenters. The highest BCUT2D eigenvalue weighted by molar-refractivity contribution is 5.99. The molecule has 15 heavy (non-hydrogen) atoms. The quantitative estimate of drug-likeness (QED) is 0.748. The van der Waals surface area contributed by atoms with E-state index < -0.39 is 0 Å². The van der Waals surface area contributed by atoms with Gasteiger partial charge in [0.1, 0.15) is 0 Å². The van der Waals surface area contributed by atoms with E-state index in [1.165, 1.54) is 30.9 Å². The summed E-state index contributed by atoms with van der Waals surface area (Å²) in [5.41, 5.74) is 2.20. The summed E-state index contributed by atoms with van der Waals surface area (Å²) in [6, 6.07) is 8.02. The summed E-state index contributed by atoms with van der Waals surface area (Å²) in [7, 11) is 0. The Hall–Kier alpha value is -1.57. The first-order valence-electron chi connectivity index (χ1n) is 5.33. The van der Waals surface area contributed by atoms with E-state index in [0.717, 1.165) is 5.69 Å². The van der Waals surface area contributed by atoms with Crippen molar-refractivity contribution in [3.63, 3.8) is 0 Å². The van der Waals surface area contributed by atoms with Gasteiger partial charge in [0.25, 0.3) is 0 Å². The molecule has 0 unspecified atom stereocenters. The molecule has 2 heteroatoms. The van der Waals surface area contributed by atoms with Crippen LogP contribution < -0.4 is 5.32 Å². The van der Waals surface area contributed by atoms with Gasteiger partial charge in [-0.3, -0.25) is 4.79 Å². The number of hydrogen-bond donors (Lipinski definition) is 1. The van der Waals surface area contributed by atoms with Gasteiger partial charge in [-0.1, -0.05) is 31.2 Å². The molecule has 0 radical (unpaired) electrons. The standard InChI is InChI=1S/C13H15NO/c1-2-13(15)14-12-9-4-3-8-11(12)10-6-5-7-10/h2-4,8-10H,1,5-7H2,(H,14,15). The average Bonchev–Trinajstić information content (AvgIpc) is 2.18. The van der Waals surface area contributed by atoms with Crippen LogP contribution in [-0.4, -0.2) is 5.91 Å². The van der Waals surface area contributed by atoms with Crippen LogP contribution in [-0.2, 0) is 4.79 Å². The number of nitrogens with one attached hydrogen (secondary N) is 1. The van der Waals surface area contributed by atoms with E-state index in [-0.39, 0.29) is 5.91 Å². The fraction of sp³-hybridized carbons (Fsp3) is 0.308. The first-order chi connectivity index (χ1) is 7.31. The van der Waals surface area contributed by atoms with Crippen LogP contribution in [0.1, 0.15) is 30.7 Å². The minimum atomic E-state index is -0.137. The summed E-state index contributed by atoms with van der Waals surface area (Å²) in [6.07, 6.45) is 5.08. The van der Waals surface area contributed by atoms with E-state index in [4.69, 9.17) is 0 Å². The van der Waals surface area contributed by atoms with Crippen molar-refractivity contribution in [2.24, 2.45) is 0 Å². The van der Waals surface area contributed by atoms with Gasteiger partial charge in [0.2, 0.25) is 5.91 Å². The SMILES string of the molecule is C=CC(=O)Nc1ccccc1C1CCC1. The third-order valence-corrected chi connectivity index (χ3v) is 2.95. The number of para-hydroxylation sites is 1. The van der Waals surface area contributed by atoms with Crippen LogP contribution in [0.3, 0.4) is 0 Å². The Morgan fingerprint density at radius 2 is 2.13 bits per heavy atom. The molecule has 0 bridgehead atoms. The predicted octanol–water partition coefficient (Wildman–Crippen LogP) is 3.08. The van der Waals surface area contributed by atoms with Crippen LogP contribution in [0.15, 0.2) is 36.9 Å². The Morgan fingerprint density at radius 1 is 1.40 bits per heavy atom. The Labute approximate surface area is 90.0 Å². The number of amides is 1. The molecule has 0 aliphatic heterocycles. The average molecular weight is 201 g/mol. The summed E-state index contributed by atoms with van der Waals surface area (Å²) in [6.45, 7) is 3.45. The smallest absolute Gasteiger partial charge is 0.247 e. The number of benzene rings is 1. The van der Waals surface area contributed by atoms with Gasteiger partial charge in [0.15, 0.2) is 0 Å². The van der Waals surface area contributed by atoms with E-state index in [1.54, 1.807) is 0 Å². The van der Waals surface area contributed by atoms with Crippen LogP contribution in [0.5, 0.6) is 0 Å². The van der Waals surface area contributed by atoms with Crippen LogP contribution in [0.4, 0.5) is 5.69 Å².